The number of ether oxygens (including phenoxy) is 1. The second kappa shape index (κ2) is 5.27. The normalized spacial score (nSPS) is 21.7. The molecule has 0 aliphatic carbocycles. The van der Waals surface area contributed by atoms with Crippen LogP contribution in [0.2, 0.25) is 0 Å². The molecule has 1 aliphatic heterocycles. The van der Waals surface area contributed by atoms with Gasteiger partial charge in [0.2, 0.25) is 0 Å². The van der Waals surface area contributed by atoms with E-state index in [0.717, 1.165) is 22.5 Å². The van der Waals surface area contributed by atoms with Crippen LogP contribution in [0.5, 0.6) is 0 Å². The lowest BCUT2D eigenvalue weighted by atomic mass is 10.3. The first-order valence-corrected chi connectivity index (χ1v) is 6.30. The van der Waals surface area contributed by atoms with Crippen LogP contribution in [0.15, 0.2) is 12.5 Å². The lowest BCUT2D eigenvalue weighted by Crippen LogP contribution is -2.44. The summed E-state index contributed by atoms with van der Waals surface area (Å²) >= 11 is 8.03. The average Bonchev–Trinajstić information content (AvgIpc) is 2.30. The molecule has 1 fully saturated rings. The molecule has 6 heteroatoms. The molecule has 0 amide bonds. The minimum Gasteiger partial charge on any atom is -0.373 e. The Balaban J connectivity index is 2.13. The second-order valence-electron chi connectivity index (χ2n) is 3.29. The molecule has 1 aromatic rings. The van der Waals surface area contributed by atoms with E-state index in [0.29, 0.717) is 12.5 Å². The molecule has 0 N–H and O–H groups in total. The van der Waals surface area contributed by atoms with Gasteiger partial charge < -0.3 is 9.64 Å². The zero-order chi connectivity index (χ0) is 10.7. The topological polar surface area (TPSA) is 38.2 Å². The molecule has 82 valence electrons. The van der Waals surface area contributed by atoms with Crippen molar-refractivity contribution in [3.05, 3.63) is 16.1 Å². The summed E-state index contributed by atoms with van der Waals surface area (Å²) in [4.78, 5) is 10.5. The molecule has 1 atom stereocenters. The van der Waals surface area contributed by atoms with E-state index < -0.39 is 0 Å². The summed E-state index contributed by atoms with van der Waals surface area (Å²) in [5.74, 6) is 1.50. The van der Waals surface area contributed by atoms with Crippen LogP contribution in [0.1, 0.15) is 0 Å². The average molecular weight is 340 g/mol. The van der Waals surface area contributed by atoms with Crippen molar-refractivity contribution in [1.29, 1.82) is 0 Å². The Morgan fingerprint density at radius 1 is 1.67 bits per heavy atom. The van der Waals surface area contributed by atoms with Gasteiger partial charge in [-0.2, -0.15) is 0 Å². The summed E-state index contributed by atoms with van der Waals surface area (Å²) in [5.41, 5.74) is 0. The van der Waals surface area contributed by atoms with Gasteiger partial charge in [-0.05, 0) is 22.6 Å². The first-order valence-electron chi connectivity index (χ1n) is 4.69. The summed E-state index contributed by atoms with van der Waals surface area (Å²) in [5, 5.41) is 0. The predicted octanol–water partition coefficient (Wildman–Crippen LogP) is 1.53. The van der Waals surface area contributed by atoms with Gasteiger partial charge in [0, 0.05) is 19.3 Å². The zero-order valence-electron chi connectivity index (χ0n) is 8.07. The number of rotatable bonds is 2. The van der Waals surface area contributed by atoms with E-state index >= 15 is 0 Å². The largest absolute Gasteiger partial charge is 0.373 e. The minimum atomic E-state index is 0.103. The van der Waals surface area contributed by atoms with Crippen LogP contribution in [0.25, 0.3) is 0 Å². The van der Waals surface area contributed by atoms with Gasteiger partial charge in [-0.15, -0.1) is 11.6 Å². The van der Waals surface area contributed by atoms with Crippen LogP contribution < -0.4 is 4.90 Å². The Labute approximate surface area is 107 Å². The van der Waals surface area contributed by atoms with E-state index in [-0.39, 0.29) is 6.10 Å². The Hall–Kier alpha value is -0.140. The van der Waals surface area contributed by atoms with Gasteiger partial charge in [0.25, 0.3) is 0 Å². The number of aromatic nitrogens is 2. The van der Waals surface area contributed by atoms with Crippen LogP contribution in [-0.2, 0) is 4.74 Å². The highest BCUT2D eigenvalue weighted by Crippen LogP contribution is 2.20. The number of anilines is 1. The number of nitrogens with zero attached hydrogens (tertiary/aromatic N) is 3. The lowest BCUT2D eigenvalue weighted by Gasteiger charge is -2.33. The standard InChI is InChI=1S/C9H11ClIN3O/c10-3-7-5-14(1-2-15-7)9-8(11)4-12-6-13-9/h4,6-7H,1-3,5H2. The smallest absolute Gasteiger partial charge is 0.145 e. The van der Waals surface area contributed by atoms with Crippen molar-refractivity contribution >= 4 is 40.0 Å². The van der Waals surface area contributed by atoms with Crippen molar-refractivity contribution in [2.45, 2.75) is 6.10 Å². The summed E-state index contributed by atoms with van der Waals surface area (Å²) < 4.78 is 6.56. The Morgan fingerprint density at radius 3 is 3.27 bits per heavy atom. The molecular weight excluding hydrogens is 328 g/mol. The molecule has 0 bridgehead atoms. The van der Waals surface area contributed by atoms with Gasteiger partial charge >= 0.3 is 0 Å². The van der Waals surface area contributed by atoms with E-state index in [1.54, 1.807) is 6.33 Å². The molecule has 0 aromatic carbocycles. The SMILES string of the molecule is ClCC1CN(c2ncncc2I)CCO1. The number of hydrogen-bond acceptors (Lipinski definition) is 4. The molecule has 4 nitrogen and oxygen atoms in total. The van der Waals surface area contributed by atoms with Crippen LogP contribution in [0.4, 0.5) is 5.82 Å². The number of morpholine rings is 1. The quantitative estimate of drug-likeness (QED) is 0.605. The predicted molar refractivity (Wildman–Crippen MR) is 67.4 cm³/mol. The maximum Gasteiger partial charge on any atom is 0.145 e. The first-order chi connectivity index (χ1) is 7.31. The molecule has 0 radical (unpaired) electrons. The highest BCUT2D eigenvalue weighted by Gasteiger charge is 2.21. The summed E-state index contributed by atoms with van der Waals surface area (Å²) in [6, 6.07) is 0. The van der Waals surface area contributed by atoms with E-state index in [2.05, 4.69) is 37.5 Å². The van der Waals surface area contributed by atoms with Gasteiger partial charge in [0.05, 0.1) is 22.2 Å². The third-order valence-corrected chi connectivity index (χ3v) is 3.36. The molecule has 2 rings (SSSR count). The monoisotopic (exact) mass is 339 g/mol. The van der Waals surface area contributed by atoms with Crippen molar-refractivity contribution in [2.75, 3.05) is 30.5 Å². The van der Waals surface area contributed by atoms with Crippen LogP contribution in [-0.4, -0.2) is 41.6 Å². The van der Waals surface area contributed by atoms with E-state index in [1.165, 1.54) is 0 Å². The van der Waals surface area contributed by atoms with Gasteiger partial charge in [0.1, 0.15) is 12.1 Å². The van der Waals surface area contributed by atoms with Gasteiger partial charge in [-0.1, -0.05) is 0 Å². The molecule has 2 heterocycles. The van der Waals surface area contributed by atoms with Crippen LogP contribution in [0, 0.1) is 3.57 Å². The molecule has 1 saturated heterocycles. The maximum atomic E-state index is 5.79. The fraction of sp³-hybridized carbons (Fsp3) is 0.556. The summed E-state index contributed by atoms with van der Waals surface area (Å²) in [6.45, 7) is 2.37. The van der Waals surface area contributed by atoms with Crippen molar-refractivity contribution in [1.82, 2.24) is 9.97 Å². The van der Waals surface area contributed by atoms with E-state index in [4.69, 9.17) is 16.3 Å². The summed E-state index contributed by atoms with van der Waals surface area (Å²) in [7, 11) is 0. The van der Waals surface area contributed by atoms with Crippen LogP contribution >= 0.6 is 34.2 Å². The second-order valence-corrected chi connectivity index (χ2v) is 4.76. The third kappa shape index (κ3) is 2.70. The van der Waals surface area contributed by atoms with E-state index in [1.807, 2.05) is 6.20 Å². The lowest BCUT2D eigenvalue weighted by molar-refractivity contribution is 0.0551. The zero-order valence-corrected chi connectivity index (χ0v) is 11.0. The highest BCUT2D eigenvalue weighted by atomic mass is 127. The number of halogens is 2. The Kier molecular flexibility index (Phi) is 3.99. The number of alkyl halides is 1. The molecule has 1 unspecified atom stereocenters. The van der Waals surface area contributed by atoms with Gasteiger partial charge in [-0.3, -0.25) is 0 Å². The van der Waals surface area contributed by atoms with Crippen molar-refractivity contribution in [3.63, 3.8) is 0 Å². The van der Waals surface area contributed by atoms with Gasteiger partial charge in [-0.25, -0.2) is 9.97 Å². The van der Waals surface area contributed by atoms with Crippen molar-refractivity contribution < 1.29 is 4.74 Å². The van der Waals surface area contributed by atoms with Crippen LogP contribution in [0.3, 0.4) is 0 Å². The number of hydrogen-bond donors (Lipinski definition) is 0. The first kappa shape index (κ1) is 11.3. The molecule has 0 saturated carbocycles. The molecule has 1 aliphatic rings. The maximum absolute atomic E-state index is 5.79. The highest BCUT2D eigenvalue weighted by molar-refractivity contribution is 14.1. The fourth-order valence-corrected chi connectivity index (χ4v) is 2.37. The molecular formula is C9H11ClIN3O. The molecule has 0 spiro atoms. The summed E-state index contributed by atoms with van der Waals surface area (Å²) in [6.07, 6.45) is 3.49. The molecule has 15 heavy (non-hydrogen) atoms. The Bertz CT molecular complexity index is 339. The molecule has 1 aromatic heterocycles. The fourth-order valence-electron chi connectivity index (χ4n) is 1.54. The van der Waals surface area contributed by atoms with E-state index in [9.17, 15) is 0 Å². The van der Waals surface area contributed by atoms with Crippen molar-refractivity contribution in [3.8, 4) is 0 Å². The minimum absolute atomic E-state index is 0.103. The third-order valence-electron chi connectivity index (χ3n) is 2.26. The van der Waals surface area contributed by atoms with Crippen molar-refractivity contribution in [2.24, 2.45) is 0 Å². The Morgan fingerprint density at radius 2 is 2.53 bits per heavy atom. The van der Waals surface area contributed by atoms with Gasteiger partial charge in [0.15, 0.2) is 0 Å².